The molecule has 0 saturated heterocycles. The Balaban J connectivity index is 4.25. The summed E-state index contributed by atoms with van der Waals surface area (Å²) in [4.78, 5) is 38.4. The zero-order valence-electron chi connectivity index (χ0n) is 53.0. The first kappa shape index (κ1) is 76.8. The molecule has 0 radical (unpaired) electrons. The minimum atomic E-state index is -0.790. The number of hydrogen-bond donors (Lipinski definition) is 0. The molecule has 0 saturated carbocycles. The van der Waals surface area contributed by atoms with Gasteiger partial charge in [0, 0.05) is 19.3 Å². The van der Waals surface area contributed by atoms with Crippen molar-refractivity contribution in [2.24, 2.45) is 0 Å². The molecule has 0 N–H and O–H groups in total. The summed E-state index contributed by atoms with van der Waals surface area (Å²) in [6.07, 6.45) is 95.0. The van der Waals surface area contributed by atoms with Gasteiger partial charge in [-0.15, -0.1) is 0 Å². The molecule has 0 aliphatic rings. The summed E-state index contributed by atoms with van der Waals surface area (Å²) in [6.45, 7) is 6.42. The zero-order chi connectivity index (χ0) is 58.5. The minimum absolute atomic E-state index is 0.0839. The summed E-state index contributed by atoms with van der Waals surface area (Å²) in [5, 5.41) is 0. The molecular formula is C75H126O6. The van der Waals surface area contributed by atoms with Gasteiger partial charge in [0.15, 0.2) is 6.10 Å². The third-order valence-electron chi connectivity index (χ3n) is 14.5. The van der Waals surface area contributed by atoms with Crippen molar-refractivity contribution < 1.29 is 28.6 Å². The Hall–Kier alpha value is -4.19. The van der Waals surface area contributed by atoms with Crippen molar-refractivity contribution in [1.82, 2.24) is 0 Å². The SMILES string of the molecule is CC/C=C\C/C=C\C/C=C\C/C=C\C/C=C\C/C=C\C/C=C\CCCCCCCCCCCCCC(=O)OCC(COC(=O)CCCCCCCCCCCCCCCCC)OC(=O)CCCCCCC/C=C\C/C=C\C/C=C\CC. The van der Waals surface area contributed by atoms with Crippen molar-refractivity contribution in [2.45, 2.75) is 322 Å². The molecule has 0 aromatic heterocycles. The van der Waals surface area contributed by atoms with Crippen LogP contribution in [-0.4, -0.2) is 37.2 Å². The van der Waals surface area contributed by atoms with E-state index in [0.29, 0.717) is 19.3 Å². The molecule has 0 aromatic carbocycles. The van der Waals surface area contributed by atoms with Gasteiger partial charge in [-0.05, 0) is 109 Å². The second-order valence-corrected chi connectivity index (χ2v) is 22.3. The van der Waals surface area contributed by atoms with Gasteiger partial charge in [-0.2, -0.15) is 0 Å². The number of carbonyl (C=O) groups is 3. The van der Waals surface area contributed by atoms with E-state index >= 15 is 0 Å². The molecule has 0 aliphatic heterocycles. The number of carbonyl (C=O) groups excluding carboxylic acids is 3. The van der Waals surface area contributed by atoms with Gasteiger partial charge in [-0.25, -0.2) is 0 Å². The topological polar surface area (TPSA) is 78.9 Å². The van der Waals surface area contributed by atoms with Crippen molar-refractivity contribution in [1.29, 1.82) is 0 Å². The quantitative estimate of drug-likeness (QED) is 0.0261. The molecule has 0 heterocycles. The largest absolute Gasteiger partial charge is 0.462 e. The molecule has 0 rings (SSSR count). The van der Waals surface area contributed by atoms with E-state index in [9.17, 15) is 14.4 Å². The van der Waals surface area contributed by atoms with Crippen LogP contribution in [-0.2, 0) is 28.6 Å². The molecule has 462 valence electrons. The lowest BCUT2D eigenvalue weighted by molar-refractivity contribution is -0.167. The molecule has 1 unspecified atom stereocenters. The smallest absolute Gasteiger partial charge is 0.306 e. The molecule has 0 fully saturated rings. The van der Waals surface area contributed by atoms with Crippen molar-refractivity contribution in [2.75, 3.05) is 13.2 Å². The van der Waals surface area contributed by atoms with Crippen LogP contribution < -0.4 is 0 Å². The molecule has 0 amide bonds. The molecule has 0 aromatic rings. The van der Waals surface area contributed by atoms with Gasteiger partial charge < -0.3 is 14.2 Å². The summed E-state index contributed by atoms with van der Waals surface area (Å²) in [6, 6.07) is 0. The minimum Gasteiger partial charge on any atom is -0.462 e. The van der Waals surface area contributed by atoms with Crippen LogP contribution in [0.3, 0.4) is 0 Å². The maximum atomic E-state index is 12.9. The van der Waals surface area contributed by atoms with Gasteiger partial charge in [0.25, 0.3) is 0 Å². The van der Waals surface area contributed by atoms with Gasteiger partial charge in [-0.3, -0.25) is 14.4 Å². The highest BCUT2D eigenvalue weighted by molar-refractivity contribution is 5.71. The van der Waals surface area contributed by atoms with Crippen LogP contribution in [0.5, 0.6) is 0 Å². The second-order valence-electron chi connectivity index (χ2n) is 22.3. The van der Waals surface area contributed by atoms with Gasteiger partial charge in [-0.1, -0.05) is 309 Å². The Labute approximate surface area is 501 Å². The van der Waals surface area contributed by atoms with Gasteiger partial charge in [0.2, 0.25) is 0 Å². The summed E-state index contributed by atoms with van der Waals surface area (Å²) < 4.78 is 16.9. The van der Waals surface area contributed by atoms with Gasteiger partial charge >= 0.3 is 17.9 Å². The lowest BCUT2D eigenvalue weighted by Gasteiger charge is -2.18. The summed E-state index contributed by atoms with van der Waals surface area (Å²) in [5.41, 5.74) is 0. The molecule has 1 atom stereocenters. The van der Waals surface area contributed by atoms with E-state index in [0.717, 1.165) is 141 Å². The fraction of sp³-hybridized carbons (Fsp3) is 0.693. The van der Waals surface area contributed by atoms with Crippen molar-refractivity contribution in [3.63, 3.8) is 0 Å². The van der Waals surface area contributed by atoms with Gasteiger partial charge in [0.05, 0.1) is 0 Å². The maximum Gasteiger partial charge on any atom is 0.306 e. The monoisotopic (exact) mass is 1120 g/mol. The highest BCUT2D eigenvalue weighted by Gasteiger charge is 2.19. The highest BCUT2D eigenvalue weighted by Crippen LogP contribution is 2.17. The normalized spacial score (nSPS) is 12.9. The van der Waals surface area contributed by atoms with E-state index < -0.39 is 6.10 Å². The Morgan fingerprint density at radius 3 is 0.753 bits per heavy atom. The first-order valence-corrected chi connectivity index (χ1v) is 34.0. The number of unbranched alkanes of at least 4 members (excludes halogenated alkanes) is 30. The van der Waals surface area contributed by atoms with E-state index in [-0.39, 0.29) is 31.1 Å². The average Bonchev–Trinajstić information content (AvgIpc) is 3.47. The van der Waals surface area contributed by atoms with Crippen LogP contribution in [0, 0.1) is 0 Å². The Morgan fingerprint density at radius 1 is 0.259 bits per heavy atom. The highest BCUT2D eigenvalue weighted by atomic mass is 16.6. The predicted molar refractivity (Wildman–Crippen MR) is 353 cm³/mol. The van der Waals surface area contributed by atoms with E-state index in [1.165, 1.54) is 135 Å². The van der Waals surface area contributed by atoms with Crippen molar-refractivity contribution in [3.05, 3.63) is 122 Å². The Kier molecular flexibility index (Phi) is 64.8. The van der Waals surface area contributed by atoms with Gasteiger partial charge in [0.1, 0.15) is 13.2 Å². The number of ether oxygens (including phenoxy) is 3. The molecule has 6 heteroatoms. The first-order chi connectivity index (χ1) is 40.0. The van der Waals surface area contributed by atoms with Crippen LogP contribution >= 0.6 is 0 Å². The van der Waals surface area contributed by atoms with Crippen LogP contribution in [0.2, 0.25) is 0 Å². The molecule has 0 spiro atoms. The zero-order valence-corrected chi connectivity index (χ0v) is 53.0. The Bertz CT molecular complexity index is 1670. The number of rotatable bonds is 61. The molecule has 6 nitrogen and oxygen atoms in total. The fourth-order valence-corrected chi connectivity index (χ4v) is 9.44. The first-order valence-electron chi connectivity index (χ1n) is 34.0. The second kappa shape index (κ2) is 68.3. The van der Waals surface area contributed by atoms with E-state index in [1.54, 1.807) is 0 Å². The van der Waals surface area contributed by atoms with E-state index in [1.807, 2.05) is 0 Å². The lowest BCUT2D eigenvalue weighted by atomic mass is 10.0. The van der Waals surface area contributed by atoms with Crippen LogP contribution in [0.4, 0.5) is 0 Å². The number of esters is 3. The lowest BCUT2D eigenvalue weighted by Crippen LogP contribution is -2.30. The Morgan fingerprint density at radius 2 is 0.481 bits per heavy atom. The summed E-state index contributed by atoms with van der Waals surface area (Å²) >= 11 is 0. The standard InChI is InChI=1S/C75H126O6/c1-4-7-10-13-16-19-22-25-28-29-30-31-32-33-34-35-36-37-38-39-40-41-42-43-44-45-48-50-53-56-59-62-65-68-74(77)80-71-72(81-75(78)69-66-63-60-57-54-51-47-27-24-21-18-15-12-9-6-3)70-79-73(76)67-64-61-58-55-52-49-46-26-23-20-17-14-11-8-5-2/h7,9-10,12,16,18-19,21,25,27-28,30-31,33-34,36-37,39-40,47,72H,4-6,8,11,13-15,17,20,22-24,26,29,32,35,38,41-46,48-71H2,1-3H3/b10-7-,12-9-,19-16-,21-18-,28-25-,31-30-,34-33-,37-36-,40-39-,47-27-. The number of allylic oxidation sites excluding steroid dienone is 20. The fourth-order valence-electron chi connectivity index (χ4n) is 9.44. The molecular weight excluding hydrogens is 997 g/mol. The number of hydrogen-bond acceptors (Lipinski definition) is 6. The van der Waals surface area contributed by atoms with E-state index in [2.05, 4.69) is 142 Å². The third-order valence-corrected chi connectivity index (χ3v) is 14.5. The van der Waals surface area contributed by atoms with Crippen LogP contribution in [0.15, 0.2) is 122 Å². The van der Waals surface area contributed by atoms with Crippen LogP contribution in [0.25, 0.3) is 0 Å². The van der Waals surface area contributed by atoms with Crippen molar-refractivity contribution in [3.8, 4) is 0 Å². The maximum absolute atomic E-state index is 12.9. The average molecular weight is 1120 g/mol. The predicted octanol–water partition coefficient (Wildman–Crippen LogP) is 23.6. The third kappa shape index (κ3) is 66.5. The van der Waals surface area contributed by atoms with Crippen LogP contribution in [0.1, 0.15) is 316 Å². The molecule has 81 heavy (non-hydrogen) atoms. The van der Waals surface area contributed by atoms with E-state index in [4.69, 9.17) is 14.2 Å². The van der Waals surface area contributed by atoms with Crippen molar-refractivity contribution >= 4 is 17.9 Å². The summed E-state index contributed by atoms with van der Waals surface area (Å²) in [5.74, 6) is -0.894. The summed E-state index contributed by atoms with van der Waals surface area (Å²) in [7, 11) is 0. The molecule has 0 aliphatic carbocycles. The molecule has 0 bridgehead atoms.